The molecule has 2 heteroatoms. The number of nitrogens with zero attached hydrogens (tertiary/aromatic N) is 1. The van der Waals surface area contributed by atoms with Crippen LogP contribution in [0.3, 0.4) is 0 Å². The van der Waals surface area contributed by atoms with Crippen LogP contribution in [-0.2, 0) is 0 Å². The summed E-state index contributed by atoms with van der Waals surface area (Å²) >= 11 is 0. The molecule has 2 nitrogen and oxygen atoms in total. The van der Waals surface area contributed by atoms with Gasteiger partial charge in [0.15, 0.2) is 0 Å². The lowest BCUT2D eigenvalue weighted by molar-refractivity contribution is 0.163. The van der Waals surface area contributed by atoms with Crippen LogP contribution in [-0.4, -0.2) is 16.3 Å². The maximum Gasteiger partial charge on any atom is 0.0476 e. The zero-order chi connectivity index (χ0) is 9.84. The first-order chi connectivity index (χ1) is 6.16. The van der Waals surface area contributed by atoms with Crippen molar-refractivity contribution in [2.45, 2.75) is 26.8 Å². The zero-order valence-electron chi connectivity index (χ0n) is 8.64. The van der Waals surface area contributed by atoms with E-state index in [1.54, 1.807) is 0 Å². The van der Waals surface area contributed by atoms with Gasteiger partial charge in [-0.15, -0.1) is 0 Å². The van der Waals surface area contributed by atoms with Crippen LogP contribution < -0.4 is 0 Å². The van der Waals surface area contributed by atoms with Crippen LogP contribution in [0.2, 0.25) is 0 Å². The molecular formula is C11H19NO. The first-order valence-corrected chi connectivity index (χ1v) is 4.90. The van der Waals surface area contributed by atoms with Crippen molar-refractivity contribution in [1.82, 2.24) is 4.57 Å². The van der Waals surface area contributed by atoms with Crippen LogP contribution in [0.1, 0.15) is 26.8 Å². The summed E-state index contributed by atoms with van der Waals surface area (Å²) in [6.45, 7) is 6.72. The minimum absolute atomic E-state index is 0.251. The van der Waals surface area contributed by atoms with E-state index in [-0.39, 0.29) is 6.61 Å². The highest BCUT2D eigenvalue weighted by atomic mass is 16.3. The average Bonchev–Trinajstić information content (AvgIpc) is 2.56. The summed E-state index contributed by atoms with van der Waals surface area (Å²) in [7, 11) is 0. The summed E-state index contributed by atoms with van der Waals surface area (Å²) in [5.41, 5.74) is 0. The first-order valence-electron chi connectivity index (χ1n) is 4.90. The molecule has 0 radical (unpaired) electrons. The average molecular weight is 181 g/mol. The summed E-state index contributed by atoms with van der Waals surface area (Å²) in [6, 6.07) is 4.46. The second-order valence-electron chi connectivity index (χ2n) is 4.02. The minimum atomic E-state index is 0.251. The van der Waals surface area contributed by atoms with Crippen LogP contribution >= 0.6 is 0 Å². The highest BCUT2D eigenvalue weighted by Gasteiger charge is 2.20. The predicted molar refractivity (Wildman–Crippen MR) is 54.6 cm³/mol. The van der Waals surface area contributed by atoms with E-state index in [1.165, 1.54) is 0 Å². The van der Waals surface area contributed by atoms with Gasteiger partial charge in [-0.2, -0.15) is 0 Å². The van der Waals surface area contributed by atoms with Gasteiger partial charge in [0, 0.05) is 31.0 Å². The van der Waals surface area contributed by atoms with Crippen LogP contribution in [0.4, 0.5) is 0 Å². The zero-order valence-corrected chi connectivity index (χ0v) is 8.64. The molecule has 13 heavy (non-hydrogen) atoms. The normalized spacial score (nSPS) is 16.1. The predicted octanol–water partition coefficient (Wildman–Crippen LogP) is 2.31. The topological polar surface area (TPSA) is 25.2 Å². The van der Waals surface area contributed by atoms with E-state index in [1.807, 2.05) is 12.1 Å². The van der Waals surface area contributed by atoms with Crippen molar-refractivity contribution in [1.29, 1.82) is 0 Å². The molecule has 2 atom stereocenters. The molecule has 1 heterocycles. The van der Waals surface area contributed by atoms with E-state index >= 15 is 0 Å². The molecule has 0 aliphatic carbocycles. The Labute approximate surface area is 80.2 Å². The molecule has 74 valence electrons. The molecule has 0 amide bonds. The molecule has 0 aliphatic heterocycles. The van der Waals surface area contributed by atoms with Crippen LogP contribution in [0.25, 0.3) is 0 Å². The fraction of sp³-hybridized carbons (Fsp3) is 0.636. The Morgan fingerprint density at radius 2 is 1.69 bits per heavy atom. The Bertz CT molecular complexity index is 228. The van der Waals surface area contributed by atoms with Crippen LogP contribution in [0.15, 0.2) is 24.5 Å². The smallest absolute Gasteiger partial charge is 0.0476 e. The third-order valence-electron chi connectivity index (χ3n) is 2.53. The molecule has 0 spiro atoms. The molecule has 1 aromatic heterocycles. The quantitative estimate of drug-likeness (QED) is 0.757. The van der Waals surface area contributed by atoms with Gasteiger partial charge in [-0.05, 0) is 18.1 Å². The van der Waals surface area contributed by atoms with Gasteiger partial charge in [0.2, 0.25) is 0 Å². The third-order valence-corrected chi connectivity index (χ3v) is 2.53. The van der Waals surface area contributed by atoms with E-state index in [0.717, 1.165) is 0 Å². The lowest BCUT2D eigenvalue weighted by atomic mass is 9.92. The first kappa shape index (κ1) is 10.3. The van der Waals surface area contributed by atoms with E-state index < -0.39 is 0 Å². The molecule has 1 aromatic rings. The Morgan fingerprint density at radius 3 is 2.08 bits per heavy atom. The maximum atomic E-state index is 9.14. The second kappa shape index (κ2) is 4.47. The van der Waals surface area contributed by atoms with Crippen molar-refractivity contribution in [2.75, 3.05) is 6.61 Å². The number of rotatable bonds is 4. The summed E-state index contributed by atoms with van der Waals surface area (Å²) in [5, 5.41) is 9.14. The monoisotopic (exact) mass is 181 g/mol. The molecule has 0 bridgehead atoms. The van der Waals surface area contributed by atoms with E-state index in [2.05, 4.69) is 37.7 Å². The molecule has 0 saturated heterocycles. The third kappa shape index (κ3) is 2.34. The minimum Gasteiger partial charge on any atom is -0.396 e. The van der Waals surface area contributed by atoms with Crippen molar-refractivity contribution in [3.8, 4) is 0 Å². The van der Waals surface area contributed by atoms with Gasteiger partial charge in [0.25, 0.3) is 0 Å². The number of aliphatic hydroxyl groups excluding tert-OH is 1. The Kier molecular flexibility index (Phi) is 3.55. The Balaban J connectivity index is 2.80. The number of aliphatic hydroxyl groups is 1. The molecule has 0 fully saturated rings. The van der Waals surface area contributed by atoms with Crippen molar-refractivity contribution >= 4 is 0 Å². The summed E-state index contributed by atoms with van der Waals surface area (Å²) in [5.74, 6) is 0.863. The van der Waals surface area contributed by atoms with E-state index in [0.29, 0.717) is 17.9 Å². The SMILES string of the molecule is CC(C)[C@@H](C(C)CO)n1cccc1. The van der Waals surface area contributed by atoms with Crippen molar-refractivity contribution in [2.24, 2.45) is 11.8 Å². The summed E-state index contributed by atoms with van der Waals surface area (Å²) in [4.78, 5) is 0. The molecule has 1 N–H and O–H groups in total. The largest absolute Gasteiger partial charge is 0.396 e. The van der Waals surface area contributed by atoms with Gasteiger partial charge < -0.3 is 9.67 Å². The summed E-state index contributed by atoms with van der Waals surface area (Å²) in [6.07, 6.45) is 4.13. The Hall–Kier alpha value is -0.760. The number of hydrogen-bond acceptors (Lipinski definition) is 1. The lowest BCUT2D eigenvalue weighted by Crippen LogP contribution is -2.23. The highest BCUT2D eigenvalue weighted by molar-refractivity contribution is 4.94. The van der Waals surface area contributed by atoms with Crippen molar-refractivity contribution < 1.29 is 5.11 Å². The number of aromatic nitrogens is 1. The van der Waals surface area contributed by atoms with Crippen LogP contribution in [0.5, 0.6) is 0 Å². The Morgan fingerprint density at radius 1 is 1.15 bits per heavy atom. The van der Waals surface area contributed by atoms with Gasteiger partial charge >= 0.3 is 0 Å². The highest BCUT2D eigenvalue weighted by Crippen LogP contribution is 2.25. The molecule has 0 aromatic carbocycles. The molecular weight excluding hydrogens is 162 g/mol. The van der Waals surface area contributed by atoms with Crippen LogP contribution in [0, 0.1) is 11.8 Å². The number of hydrogen-bond donors (Lipinski definition) is 1. The van der Waals surface area contributed by atoms with Gasteiger partial charge in [-0.1, -0.05) is 20.8 Å². The fourth-order valence-corrected chi connectivity index (χ4v) is 1.95. The maximum absolute atomic E-state index is 9.14. The lowest BCUT2D eigenvalue weighted by Gasteiger charge is -2.27. The molecule has 1 unspecified atom stereocenters. The van der Waals surface area contributed by atoms with Gasteiger partial charge in [0.1, 0.15) is 0 Å². The van der Waals surface area contributed by atoms with E-state index in [9.17, 15) is 0 Å². The standard InChI is InChI=1S/C11H19NO/c1-9(2)11(10(3)8-13)12-6-4-5-7-12/h4-7,9-11,13H,8H2,1-3H3/t10?,11-/m0/s1. The molecule has 0 saturated carbocycles. The van der Waals surface area contributed by atoms with E-state index in [4.69, 9.17) is 5.11 Å². The second-order valence-corrected chi connectivity index (χ2v) is 4.02. The van der Waals surface area contributed by atoms with Gasteiger partial charge in [0.05, 0.1) is 0 Å². The molecule has 1 rings (SSSR count). The van der Waals surface area contributed by atoms with Crippen molar-refractivity contribution in [3.05, 3.63) is 24.5 Å². The fourth-order valence-electron chi connectivity index (χ4n) is 1.95. The summed E-state index contributed by atoms with van der Waals surface area (Å²) < 4.78 is 2.19. The van der Waals surface area contributed by atoms with Crippen molar-refractivity contribution in [3.63, 3.8) is 0 Å². The van der Waals surface area contributed by atoms with Gasteiger partial charge in [-0.3, -0.25) is 0 Å². The molecule has 0 aliphatic rings. The van der Waals surface area contributed by atoms with Gasteiger partial charge in [-0.25, -0.2) is 0 Å².